The van der Waals surface area contributed by atoms with Crippen molar-refractivity contribution >= 4 is 5.91 Å². The number of methoxy groups -OCH3 is 1. The molecule has 1 amide bonds. The van der Waals surface area contributed by atoms with Gasteiger partial charge in [-0.05, 0) is 61.3 Å². The predicted octanol–water partition coefficient (Wildman–Crippen LogP) is 4.81. The smallest absolute Gasteiger partial charge is 0.222 e. The van der Waals surface area contributed by atoms with E-state index in [0.29, 0.717) is 18.4 Å². The summed E-state index contributed by atoms with van der Waals surface area (Å²) in [5.74, 6) is 1.74. The molecule has 26 heavy (non-hydrogen) atoms. The van der Waals surface area contributed by atoms with Gasteiger partial charge in [0.25, 0.3) is 0 Å². The number of nitrogens with zero attached hydrogens (tertiary/aromatic N) is 1. The largest absolute Gasteiger partial charge is 0.497 e. The summed E-state index contributed by atoms with van der Waals surface area (Å²) in [6.07, 6.45) is 5.86. The molecule has 0 bridgehead atoms. The molecule has 1 aliphatic rings. The van der Waals surface area contributed by atoms with Crippen molar-refractivity contribution in [3.05, 3.63) is 65.7 Å². The van der Waals surface area contributed by atoms with Gasteiger partial charge in [-0.25, -0.2) is 0 Å². The van der Waals surface area contributed by atoms with E-state index in [9.17, 15) is 4.79 Å². The van der Waals surface area contributed by atoms with Gasteiger partial charge in [0.2, 0.25) is 5.91 Å². The second kappa shape index (κ2) is 8.88. The van der Waals surface area contributed by atoms with Crippen LogP contribution in [0.15, 0.2) is 54.6 Å². The van der Waals surface area contributed by atoms with Gasteiger partial charge in [-0.2, -0.15) is 0 Å². The first-order valence-electron chi connectivity index (χ1n) is 9.61. The zero-order chi connectivity index (χ0) is 18.4. The number of hydrogen-bond acceptors (Lipinski definition) is 2. The maximum atomic E-state index is 12.6. The summed E-state index contributed by atoms with van der Waals surface area (Å²) >= 11 is 0. The number of rotatable bonds is 6. The molecule has 3 nitrogen and oxygen atoms in total. The first-order chi connectivity index (χ1) is 12.7. The number of amides is 1. The minimum Gasteiger partial charge on any atom is -0.497 e. The summed E-state index contributed by atoms with van der Waals surface area (Å²) in [4.78, 5) is 14.6. The van der Waals surface area contributed by atoms with Gasteiger partial charge in [-0.1, -0.05) is 42.5 Å². The van der Waals surface area contributed by atoms with Crippen molar-refractivity contribution in [2.45, 2.75) is 50.5 Å². The maximum Gasteiger partial charge on any atom is 0.222 e. The third-order valence-electron chi connectivity index (χ3n) is 5.67. The Hall–Kier alpha value is -2.29. The lowest BCUT2D eigenvalue weighted by Crippen LogP contribution is -2.39. The molecule has 0 heterocycles. The number of ether oxygens (including phenoxy) is 1. The lowest BCUT2D eigenvalue weighted by Gasteiger charge is -2.35. The lowest BCUT2D eigenvalue weighted by atomic mass is 9.81. The van der Waals surface area contributed by atoms with E-state index in [4.69, 9.17) is 4.74 Å². The standard InChI is InChI=1S/C23H29NO2/c1-24(23(25)16-11-18-7-6-10-22(17-18)26-2)21-14-12-20(13-15-21)19-8-4-3-5-9-19/h3-10,17,20-21H,11-16H2,1-2H3. The summed E-state index contributed by atoms with van der Waals surface area (Å²) in [5, 5.41) is 0. The van der Waals surface area contributed by atoms with E-state index in [1.807, 2.05) is 30.1 Å². The van der Waals surface area contributed by atoms with Crippen LogP contribution in [-0.4, -0.2) is 31.0 Å². The van der Waals surface area contributed by atoms with E-state index in [1.54, 1.807) is 7.11 Å². The average molecular weight is 351 g/mol. The fourth-order valence-corrected chi connectivity index (χ4v) is 3.98. The third-order valence-corrected chi connectivity index (χ3v) is 5.67. The highest BCUT2D eigenvalue weighted by atomic mass is 16.5. The lowest BCUT2D eigenvalue weighted by molar-refractivity contribution is -0.132. The van der Waals surface area contributed by atoms with Gasteiger partial charge >= 0.3 is 0 Å². The van der Waals surface area contributed by atoms with E-state index in [2.05, 4.69) is 36.4 Å². The molecule has 1 aliphatic carbocycles. The summed E-state index contributed by atoms with van der Waals surface area (Å²) in [7, 11) is 3.64. The zero-order valence-electron chi connectivity index (χ0n) is 15.9. The quantitative estimate of drug-likeness (QED) is 0.747. The van der Waals surface area contributed by atoms with Crippen molar-refractivity contribution in [3.8, 4) is 5.75 Å². The van der Waals surface area contributed by atoms with E-state index in [0.717, 1.165) is 30.6 Å². The van der Waals surface area contributed by atoms with Crippen LogP contribution in [0.3, 0.4) is 0 Å². The van der Waals surface area contributed by atoms with Crippen LogP contribution in [-0.2, 0) is 11.2 Å². The molecule has 0 aliphatic heterocycles. The molecule has 0 radical (unpaired) electrons. The maximum absolute atomic E-state index is 12.6. The van der Waals surface area contributed by atoms with Crippen LogP contribution in [0.25, 0.3) is 0 Å². The number of hydrogen-bond donors (Lipinski definition) is 0. The summed E-state index contributed by atoms with van der Waals surface area (Å²) < 4.78 is 5.26. The molecule has 0 unspecified atom stereocenters. The van der Waals surface area contributed by atoms with E-state index < -0.39 is 0 Å². The molecule has 1 saturated carbocycles. The van der Waals surface area contributed by atoms with Crippen LogP contribution < -0.4 is 4.74 Å². The second-order valence-corrected chi connectivity index (χ2v) is 7.27. The van der Waals surface area contributed by atoms with Crippen molar-refractivity contribution in [2.75, 3.05) is 14.2 Å². The average Bonchev–Trinajstić information content (AvgIpc) is 2.72. The molecule has 0 atom stereocenters. The fraction of sp³-hybridized carbons (Fsp3) is 0.435. The zero-order valence-corrected chi connectivity index (χ0v) is 15.9. The van der Waals surface area contributed by atoms with Crippen LogP contribution >= 0.6 is 0 Å². The summed E-state index contributed by atoms with van der Waals surface area (Å²) in [5.41, 5.74) is 2.59. The highest BCUT2D eigenvalue weighted by Gasteiger charge is 2.26. The molecule has 2 aromatic carbocycles. The fourth-order valence-electron chi connectivity index (χ4n) is 3.98. The van der Waals surface area contributed by atoms with Crippen molar-refractivity contribution in [1.29, 1.82) is 0 Å². The van der Waals surface area contributed by atoms with Gasteiger partial charge in [-0.3, -0.25) is 4.79 Å². The molecule has 3 rings (SSSR count). The Labute approximate surface area is 157 Å². The highest BCUT2D eigenvalue weighted by molar-refractivity contribution is 5.76. The Morgan fingerprint density at radius 1 is 1.04 bits per heavy atom. The van der Waals surface area contributed by atoms with Crippen LogP contribution in [0.4, 0.5) is 0 Å². The van der Waals surface area contributed by atoms with E-state index in [-0.39, 0.29) is 5.91 Å². The Morgan fingerprint density at radius 2 is 1.77 bits per heavy atom. The van der Waals surface area contributed by atoms with Gasteiger partial charge in [0, 0.05) is 19.5 Å². The molecule has 0 spiro atoms. The number of aryl methyl sites for hydroxylation is 1. The molecule has 0 N–H and O–H groups in total. The Bertz CT molecular complexity index is 705. The van der Waals surface area contributed by atoms with Crippen LogP contribution in [0.1, 0.15) is 49.1 Å². The Balaban J connectivity index is 1.48. The Morgan fingerprint density at radius 3 is 2.46 bits per heavy atom. The van der Waals surface area contributed by atoms with Gasteiger partial charge in [0.05, 0.1) is 7.11 Å². The predicted molar refractivity (Wildman–Crippen MR) is 106 cm³/mol. The number of carbonyl (C=O) groups excluding carboxylic acids is 1. The summed E-state index contributed by atoms with van der Waals surface area (Å²) in [6.45, 7) is 0. The van der Waals surface area contributed by atoms with Crippen molar-refractivity contribution < 1.29 is 9.53 Å². The highest BCUT2D eigenvalue weighted by Crippen LogP contribution is 2.34. The summed E-state index contributed by atoms with van der Waals surface area (Å²) in [6, 6.07) is 19.1. The Kier molecular flexibility index (Phi) is 6.32. The van der Waals surface area contributed by atoms with Gasteiger partial charge in [-0.15, -0.1) is 0 Å². The minimum atomic E-state index is 0.246. The molecular weight excluding hydrogens is 322 g/mol. The van der Waals surface area contributed by atoms with E-state index >= 15 is 0 Å². The van der Waals surface area contributed by atoms with Crippen molar-refractivity contribution in [2.24, 2.45) is 0 Å². The molecule has 1 fully saturated rings. The second-order valence-electron chi connectivity index (χ2n) is 7.27. The molecule has 138 valence electrons. The van der Waals surface area contributed by atoms with Crippen LogP contribution in [0, 0.1) is 0 Å². The molecule has 0 aromatic heterocycles. The number of carbonyl (C=O) groups is 1. The SMILES string of the molecule is COc1cccc(CCC(=O)N(C)C2CCC(c3ccccc3)CC2)c1. The van der Waals surface area contributed by atoms with E-state index in [1.165, 1.54) is 18.4 Å². The minimum absolute atomic E-state index is 0.246. The van der Waals surface area contributed by atoms with Crippen molar-refractivity contribution in [1.82, 2.24) is 4.90 Å². The van der Waals surface area contributed by atoms with Crippen molar-refractivity contribution in [3.63, 3.8) is 0 Å². The molecular formula is C23H29NO2. The van der Waals surface area contributed by atoms with Gasteiger partial charge in [0.1, 0.15) is 5.75 Å². The topological polar surface area (TPSA) is 29.5 Å². The molecule has 0 saturated heterocycles. The number of benzene rings is 2. The normalized spacial score (nSPS) is 19.8. The third kappa shape index (κ3) is 4.66. The first kappa shape index (κ1) is 18.5. The monoisotopic (exact) mass is 351 g/mol. The van der Waals surface area contributed by atoms with Crippen LogP contribution in [0.2, 0.25) is 0 Å². The van der Waals surface area contributed by atoms with Crippen LogP contribution in [0.5, 0.6) is 5.75 Å². The molecule has 3 heteroatoms. The first-order valence-corrected chi connectivity index (χ1v) is 9.61. The van der Waals surface area contributed by atoms with Gasteiger partial charge < -0.3 is 9.64 Å². The van der Waals surface area contributed by atoms with Gasteiger partial charge in [0.15, 0.2) is 0 Å². The molecule has 2 aromatic rings.